The first kappa shape index (κ1) is 29.6. The van der Waals surface area contributed by atoms with Crippen molar-refractivity contribution in [1.82, 2.24) is 0 Å². The van der Waals surface area contributed by atoms with Crippen LogP contribution in [0.1, 0.15) is 56.9 Å². The molecule has 0 aromatic heterocycles. The number of carbonyl (C=O) groups is 1. The van der Waals surface area contributed by atoms with E-state index in [4.69, 9.17) is 5.11 Å². The molecular weight excluding hydrogens is 468 g/mol. The summed E-state index contributed by atoms with van der Waals surface area (Å²) in [5.41, 5.74) is 0.831. The number of carboxylic acids is 1. The van der Waals surface area contributed by atoms with Crippen molar-refractivity contribution in [2.24, 2.45) is 0 Å². The molecule has 4 saturated carbocycles. The Balaban J connectivity index is 0.000000185. The van der Waals surface area contributed by atoms with Crippen LogP contribution in [0.25, 0.3) is 0 Å². The molecule has 0 saturated heterocycles. The Labute approximate surface area is 225 Å². The maximum Gasteiger partial charge on any atom is 3.00 e. The molecule has 4 aliphatic rings. The third-order valence-corrected chi connectivity index (χ3v) is 8.14. The van der Waals surface area contributed by atoms with Crippen LogP contribution >= 0.6 is 0 Å². The van der Waals surface area contributed by atoms with Gasteiger partial charge in [0.1, 0.15) is 0 Å². The number of carboxylic acid groups (broad SMARTS) is 1. The van der Waals surface area contributed by atoms with Gasteiger partial charge in [0.05, 0.1) is 8.07 Å². The standard InChI is InChI=1S/C12H15O2Si.2C9H11.Ti/c1-15(2,3)11(12(13)14)9-10-7-5-4-6-8-10;2*1-2-5-9-7-3-6-8(9)4-1;/h4-8H,1-3H3,(H,13,14);2*3,6-7H,1-2,4-5H2;/q-1;;;+3. The van der Waals surface area contributed by atoms with Crippen LogP contribution in [0.15, 0.2) is 35.5 Å². The van der Waals surface area contributed by atoms with E-state index in [1.54, 1.807) is 23.7 Å². The van der Waals surface area contributed by atoms with Gasteiger partial charge in [0, 0.05) is 0 Å². The van der Waals surface area contributed by atoms with Gasteiger partial charge in [-0.3, -0.25) is 0 Å². The van der Waals surface area contributed by atoms with Crippen LogP contribution < -0.4 is 0 Å². The van der Waals surface area contributed by atoms with Gasteiger partial charge < -0.3 is 9.90 Å². The van der Waals surface area contributed by atoms with E-state index in [9.17, 15) is 4.79 Å². The van der Waals surface area contributed by atoms with E-state index in [2.05, 4.69) is 44.6 Å². The quantitative estimate of drug-likeness (QED) is 0.264. The molecule has 34 heavy (non-hydrogen) atoms. The fraction of sp³-hybridized carbons (Fsp3) is 0.367. The number of fused-ring (bicyclic) bond motifs is 2. The number of aliphatic carboxylic acids is 1. The molecule has 4 fully saturated rings. The normalized spacial score (nSPS) is 21.8. The molecule has 175 valence electrons. The first-order chi connectivity index (χ1) is 15.8. The summed E-state index contributed by atoms with van der Waals surface area (Å²) in [6, 6.07) is 9.39. The molecule has 11 radical (unpaired) electrons. The molecule has 5 rings (SSSR count). The summed E-state index contributed by atoms with van der Waals surface area (Å²) in [4.78, 5) is 11.1. The van der Waals surface area contributed by atoms with Gasteiger partial charge in [-0.15, -0.1) is 35.9 Å². The predicted molar refractivity (Wildman–Crippen MR) is 139 cm³/mol. The first-order valence-corrected chi connectivity index (χ1v) is 15.7. The van der Waals surface area contributed by atoms with Crippen molar-refractivity contribution in [3.8, 4) is 0 Å². The Hall–Kier alpha value is -0.639. The van der Waals surface area contributed by atoms with E-state index in [1.807, 2.05) is 50.0 Å². The van der Waals surface area contributed by atoms with Crippen molar-refractivity contribution >= 4 is 14.0 Å². The largest absolute Gasteiger partial charge is 3.00 e. The number of rotatable bonds is 3. The minimum absolute atomic E-state index is 0. The van der Waals surface area contributed by atoms with Crippen molar-refractivity contribution in [1.29, 1.82) is 0 Å². The van der Waals surface area contributed by atoms with Crippen LogP contribution in [0.5, 0.6) is 0 Å². The molecule has 0 heterocycles. The summed E-state index contributed by atoms with van der Waals surface area (Å²) in [6.45, 7) is 6.02. The number of benzene rings is 1. The average Bonchev–Trinajstić information content (AvgIpc) is 3.47. The second-order valence-corrected chi connectivity index (χ2v) is 15.0. The summed E-state index contributed by atoms with van der Waals surface area (Å²) in [6.07, 6.45) is 27.3. The van der Waals surface area contributed by atoms with Gasteiger partial charge in [-0.25, -0.2) is 0 Å². The van der Waals surface area contributed by atoms with Gasteiger partial charge in [-0.2, -0.15) is 0 Å². The second-order valence-electron chi connectivity index (χ2n) is 9.99. The van der Waals surface area contributed by atoms with Gasteiger partial charge >= 0.3 is 21.7 Å². The van der Waals surface area contributed by atoms with Crippen LogP contribution in [0, 0.1) is 68.3 Å². The predicted octanol–water partition coefficient (Wildman–Crippen LogP) is 7.40. The molecule has 0 aliphatic heterocycles. The topological polar surface area (TPSA) is 37.3 Å². The third-order valence-electron chi connectivity index (χ3n) is 6.31. The fourth-order valence-corrected chi connectivity index (χ4v) is 5.61. The Morgan fingerprint density at radius 2 is 1.12 bits per heavy atom. The summed E-state index contributed by atoms with van der Waals surface area (Å²) >= 11 is 0. The summed E-state index contributed by atoms with van der Waals surface area (Å²) in [5, 5.41) is 9.54. The molecule has 2 nitrogen and oxygen atoms in total. The van der Waals surface area contributed by atoms with Gasteiger partial charge in [0.25, 0.3) is 0 Å². The molecule has 4 aliphatic carbocycles. The van der Waals surface area contributed by atoms with E-state index >= 15 is 0 Å². The number of hydrogen-bond acceptors (Lipinski definition) is 1. The van der Waals surface area contributed by atoms with Crippen molar-refractivity contribution < 1.29 is 31.6 Å². The molecule has 0 bridgehead atoms. The average molecular weight is 506 g/mol. The second kappa shape index (κ2) is 14.8. The maximum atomic E-state index is 11.1. The first-order valence-electron chi connectivity index (χ1n) is 12.2. The SMILES string of the molecule is C[Si](C)(C)C(=[C-]c1ccccc1)C(=O)O.[CH]1[CH][C]2CCCC[C]2[CH]1.[CH]1[CH][C]2CCCC[C]2[CH]1.[Ti+3]. The van der Waals surface area contributed by atoms with E-state index in [0.29, 0.717) is 5.20 Å². The molecule has 0 amide bonds. The van der Waals surface area contributed by atoms with Gasteiger partial charge in [0.15, 0.2) is 0 Å². The van der Waals surface area contributed by atoms with Crippen molar-refractivity contribution in [3.63, 3.8) is 0 Å². The third kappa shape index (κ3) is 9.43. The molecule has 1 aromatic rings. The molecule has 1 aromatic carbocycles. The van der Waals surface area contributed by atoms with Crippen LogP contribution in [-0.2, 0) is 26.5 Å². The summed E-state index contributed by atoms with van der Waals surface area (Å²) in [7, 11) is -1.83. The zero-order chi connectivity index (χ0) is 23.7. The monoisotopic (exact) mass is 505 g/mol. The van der Waals surface area contributed by atoms with Crippen molar-refractivity contribution in [3.05, 3.63) is 109 Å². The van der Waals surface area contributed by atoms with Crippen LogP contribution in [0.4, 0.5) is 0 Å². The van der Waals surface area contributed by atoms with Crippen LogP contribution in [-0.4, -0.2) is 19.1 Å². The maximum absolute atomic E-state index is 11.1. The van der Waals surface area contributed by atoms with Crippen LogP contribution in [0.2, 0.25) is 19.6 Å². The van der Waals surface area contributed by atoms with Gasteiger partial charge in [-0.05, 0) is 87.9 Å². The van der Waals surface area contributed by atoms with Crippen molar-refractivity contribution in [2.75, 3.05) is 0 Å². The van der Waals surface area contributed by atoms with Gasteiger partial charge in [-0.1, -0.05) is 56.6 Å². The fourth-order valence-electron chi connectivity index (χ4n) is 4.45. The van der Waals surface area contributed by atoms with E-state index in [-0.39, 0.29) is 21.7 Å². The minimum atomic E-state index is -1.83. The molecule has 0 atom stereocenters. The van der Waals surface area contributed by atoms with E-state index in [0.717, 1.165) is 5.56 Å². The molecule has 1 N–H and O–H groups in total. The van der Waals surface area contributed by atoms with Gasteiger partial charge in [0.2, 0.25) is 5.97 Å². The van der Waals surface area contributed by atoms with Crippen LogP contribution in [0.3, 0.4) is 0 Å². The Kier molecular flexibility index (Phi) is 12.9. The van der Waals surface area contributed by atoms with E-state index in [1.165, 1.54) is 51.4 Å². The zero-order valence-corrected chi connectivity index (χ0v) is 23.4. The Morgan fingerprint density at radius 3 is 1.44 bits per heavy atom. The smallest absolute Gasteiger partial charge is 0.521 e. The van der Waals surface area contributed by atoms with E-state index < -0.39 is 14.0 Å². The zero-order valence-electron chi connectivity index (χ0n) is 20.9. The minimum Gasteiger partial charge on any atom is -0.521 e. The number of hydrogen-bond donors (Lipinski definition) is 1. The van der Waals surface area contributed by atoms with Crippen molar-refractivity contribution in [2.45, 2.75) is 71.0 Å². The molecular formula is C30H37O2SiTi+2. The Bertz CT molecular complexity index is 705. The molecule has 4 heteroatoms. The summed E-state index contributed by atoms with van der Waals surface area (Å²) < 4.78 is 0. The summed E-state index contributed by atoms with van der Waals surface area (Å²) in [5.74, 6) is 5.54. The Morgan fingerprint density at radius 1 is 0.735 bits per heavy atom. The molecule has 0 unspecified atom stereocenters. The molecule has 0 spiro atoms.